The maximum Gasteiger partial charge on any atom is 0.322 e. The molecule has 0 radical (unpaired) electrons. The Balaban J connectivity index is 2.69. The minimum absolute atomic E-state index is 0.137. The highest BCUT2D eigenvalue weighted by atomic mass is 32.2. The minimum atomic E-state index is -1.11. The van der Waals surface area contributed by atoms with E-state index in [1.807, 2.05) is 20.8 Å². The largest absolute Gasteiger partial charge is 0.480 e. The molecule has 120 valence electrons. The van der Waals surface area contributed by atoms with Crippen molar-refractivity contribution in [3.8, 4) is 0 Å². The van der Waals surface area contributed by atoms with Crippen LogP contribution >= 0.6 is 11.8 Å². The van der Waals surface area contributed by atoms with Gasteiger partial charge in [0.2, 0.25) is 5.91 Å². The van der Waals surface area contributed by atoms with E-state index in [2.05, 4.69) is 10.6 Å². The number of hydrogen-bond donors (Lipinski definition) is 3. The highest BCUT2D eigenvalue weighted by Crippen LogP contribution is 2.19. The topological polar surface area (TPSA) is 95.5 Å². The Hall–Kier alpha value is -2.02. The second-order valence-electron chi connectivity index (χ2n) is 4.97. The molecule has 0 unspecified atom stereocenters. The lowest BCUT2D eigenvalue weighted by atomic mass is 10.2. The first-order valence-corrected chi connectivity index (χ1v) is 7.80. The fraction of sp³-hybridized carbons (Fsp3) is 0.400. The van der Waals surface area contributed by atoms with E-state index in [0.717, 1.165) is 0 Å². The molecule has 0 spiro atoms. The van der Waals surface area contributed by atoms with Gasteiger partial charge in [0.05, 0.1) is 5.25 Å². The third kappa shape index (κ3) is 6.17. The van der Waals surface area contributed by atoms with Crippen molar-refractivity contribution < 1.29 is 19.5 Å². The average molecular weight is 324 g/mol. The molecule has 0 saturated carbocycles. The van der Waals surface area contributed by atoms with E-state index in [-0.39, 0.29) is 11.2 Å². The number of rotatable bonds is 7. The number of aliphatic carboxylic acids is 1. The molecule has 22 heavy (non-hydrogen) atoms. The summed E-state index contributed by atoms with van der Waals surface area (Å²) in [7, 11) is 0. The number of amides is 2. The molecule has 1 rings (SSSR count). The van der Waals surface area contributed by atoms with Crippen LogP contribution in [-0.2, 0) is 9.59 Å². The first-order chi connectivity index (χ1) is 10.3. The molecule has 0 saturated heterocycles. The summed E-state index contributed by atoms with van der Waals surface area (Å²) >= 11 is 1.55. The van der Waals surface area contributed by atoms with Crippen molar-refractivity contribution in [2.45, 2.75) is 31.3 Å². The van der Waals surface area contributed by atoms with Gasteiger partial charge >= 0.3 is 5.97 Å². The molecule has 0 bridgehead atoms. The van der Waals surface area contributed by atoms with E-state index in [4.69, 9.17) is 5.11 Å². The summed E-state index contributed by atoms with van der Waals surface area (Å²) in [6.45, 7) is 5.41. The first kappa shape index (κ1) is 18.0. The number of benzene rings is 1. The molecule has 1 aromatic rings. The second-order valence-corrected chi connectivity index (χ2v) is 6.90. The number of carboxylic acids is 1. The van der Waals surface area contributed by atoms with Crippen LogP contribution in [0.5, 0.6) is 0 Å². The Morgan fingerprint density at radius 2 is 1.91 bits per heavy atom. The van der Waals surface area contributed by atoms with Crippen molar-refractivity contribution in [2.75, 3.05) is 11.9 Å². The van der Waals surface area contributed by atoms with Gasteiger partial charge in [-0.15, -0.1) is 11.8 Å². The van der Waals surface area contributed by atoms with Gasteiger partial charge in [-0.1, -0.05) is 19.9 Å². The van der Waals surface area contributed by atoms with Crippen LogP contribution in [0.2, 0.25) is 0 Å². The van der Waals surface area contributed by atoms with Crippen molar-refractivity contribution in [2.24, 2.45) is 0 Å². The summed E-state index contributed by atoms with van der Waals surface area (Å²) in [5.74, 6) is -1.75. The van der Waals surface area contributed by atoms with Crippen LogP contribution < -0.4 is 10.6 Å². The Morgan fingerprint density at radius 1 is 1.23 bits per heavy atom. The van der Waals surface area contributed by atoms with Crippen LogP contribution in [0.3, 0.4) is 0 Å². The van der Waals surface area contributed by atoms with Gasteiger partial charge in [0.1, 0.15) is 6.54 Å². The fourth-order valence-corrected chi connectivity index (χ4v) is 2.71. The summed E-state index contributed by atoms with van der Waals surface area (Å²) in [5, 5.41) is 13.7. The average Bonchev–Trinajstić information content (AvgIpc) is 2.44. The number of carbonyl (C=O) groups is 3. The van der Waals surface area contributed by atoms with Crippen molar-refractivity contribution in [3.05, 3.63) is 29.8 Å². The Kier molecular flexibility index (Phi) is 6.91. The third-order valence-electron chi connectivity index (χ3n) is 2.64. The number of thioether (sulfide) groups is 1. The monoisotopic (exact) mass is 324 g/mol. The number of carbonyl (C=O) groups excluding carboxylic acids is 2. The predicted octanol–water partition coefficient (Wildman–Crippen LogP) is 1.97. The van der Waals surface area contributed by atoms with Crippen molar-refractivity contribution in [1.82, 2.24) is 5.32 Å². The molecule has 1 aromatic carbocycles. The molecule has 0 aliphatic rings. The zero-order valence-corrected chi connectivity index (χ0v) is 13.6. The molecule has 0 heterocycles. The van der Waals surface area contributed by atoms with Gasteiger partial charge in [-0.3, -0.25) is 14.4 Å². The molecular formula is C15H20N2O4S. The van der Waals surface area contributed by atoms with Gasteiger partial charge in [-0.05, 0) is 30.4 Å². The lowest BCUT2D eigenvalue weighted by Gasteiger charge is -2.14. The number of carboxylic acid groups (broad SMARTS) is 1. The number of hydrogen-bond acceptors (Lipinski definition) is 4. The van der Waals surface area contributed by atoms with Crippen LogP contribution in [0.1, 0.15) is 31.1 Å². The fourth-order valence-electron chi connectivity index (χ4n) is 1.71. The normalized spacial score (nSPS) is 11.8. The van der Waals surface area contributed by atoms with Gasteiger partial charge in [0, 0.05) is 11.3 Å². The molecule has 3 N–H and O–H groups in total. The Labute approximate surface area is 133 Å². The zero-order valence-electron chi connectivity index (χ0n) is 12.8. The lowest BCUT2D eigenvalue weighted by molar-refractivity contribution is -0.135. The first-order valence-electron chi connectivity index (χ1n) is 6.86. The smallest absolute Gasteiger partial charge is 0.322 e. The highest BCUT2D eigenvalue weighted by molar-refractivity contribution is 8.01. The van der Waals surface area contributed by atoms with E-state index in [1.165, 1.54) is 6.07 Å². The van der Waals surface area contributed by atoms with Crippen molar-refractivity contribution in [3.63, 3.8) is 0 Å². The van der Waals surface area contributed by atoms with E-state index < -0.39 is 18.4 Å². The Morgan fingerprint density at radius 3 is 2.50 bits per heavy atom. The summed E-state index contributed by atoms with van der Waals surface area (Å²) < 4.78 is 0. The van der Waals surface area contributed by atoms with E-state index in [0.29, 0.717) is 16.5 Å². The van der Waals surface area contributed by atoms with E-state index >= 15 is 0 Å². The second kappa shape index (κ2) is 8.43. The summed E-state index contributed by atoms with van der Waals surface area (Å²) in [6.07, 6.45) is 0. The third-order valence-corrected chi connectivity index (χ3v) is 3.80. The van der Waals surface area contributed by atoms with E-state index in [9.17, 15) is 14.4 Å². The van der Waals surface area contributed by atoms with Crippen LogP contribution in [0.15, 0.2) is 24.3 Å². The van der Waals surface area contributed by atoms with Crippen LogP contribution in [0, 0.1) is 0 Å². The molecule has 0 fully saturated rings. The van der Waals surface area contributed by atoms with Crippen LogP contribution in [0.25, 0.3) is 0 Å². The van der Waals surface area contributed by atoms with Gasteiger partial charge in [0.15, 0.2) is 0 Å². The molecule has 2 amide bonds. The molecule has 0 aromatic heterocycles. The Bertz CT molecular complexity index is 560. The summed E-state index contributed by atoms with van der Waals surface area (Å²) in [4.78, 5) is 34.2. The summed E-state index contributed by atoms with van der Waals surface area (Å²) in [5.41, 5.74) is 0.799. The maximum absolute atomic E-state index is 12.0. The quantitative estimate of drug-likeness (QED) is 0.713. The molecule has 0 aliphatic heterocycles. The molecule has 1 atom stereocenters. The van der Waals surface area contributed by atoms with E-state index in [1.54, 1.807) is 30.0 Å². The predicted molar refractivity (Wildman–Crippen MR) is 87.2 cm³/mol. The lowest BCUT2D eigenvalue weighted by Crippen LogP contribution is -2.29. The summed E-state index contributed by atoms with van der Waals surface area (Å²) in [6, 6.07) is 6.38. The van der Waals surface area contributed by atoms with Gasteiger partial charge in [-0.25, -0.2) is 0 Å². The molecule has 7 heteroatoms. The van der Waals surface area contributed by atoms with Crippen molar-refractivity contribution >= 4 is 35.2 Å². The zero-order chi connectivity index (χ0) is 16.7. The van der Waals surface area contributed by atoms with Gasteiger partial charge < -0.3 is 15.7 Å². The van der Waals surface area contributed by atoms with Crippen molar-refractivity contribution in [1.29, 1.82) is 0 Å². The van der Waals surface area contributed by atoms with Gasteiger partial charge in [0.25, 0.3) is 5.91 Å². The number of nitrogens with one attached hydrogen (secondary N) is 2. The highest BCUT2D eigenvalue weighted by Gasteiger charge is 2.15. The SMILES string of the molecule is CC(C)S[C@@H](C)C(=O)Nc1cccc(C(=O)NCC(=O)O)c1. The van der Waals surface area contributed by atoms with Crippen LogP contribution in [0.4, 0.5) is 5.69 Å². The minimum Gasteiger partial charge on any atom is -0.480 e. The molecular weight excluding hydrogens is 304 g/mol. The maximum atomic E-state index is 12.0. The van der Waals surface area contributed by atoms with Gasteiger partial charge in [-0.2, -0.15) is 0 Å². The molecule has 0 aliphatic carbocycles. The standard InChI is InChI=1S/C15H20N2O4S/c1-9(2)22-10(3)14(20)17-12-6-4-5-11(7-12)15(21)16-8-13(18)19/h4-7,9-10H,8H2,1-3H3,(H,16,21)(H,17,20)(H,18,19)/t10-/m0/s1. The number of anilines is 1. The molecule has 6 nitrogen and oxygen atoms in total. The van der Waals surface area contributed by atoms with Crippen LogP contribution in [-0.4, -0.2) is 39.9 Å².